The maximum Gasteiger partial charge on any atom is 0.363 e. The molecule has 1 aliphatic rings. The van der Waals surface area contributed by atoms with E-state index in [1.807, 2.05) is 33.0 Å². The minimum Gasteiger partial charge on any atom is -0.401 e. The van der Waals surface area contributed by atoms with Gasteiger partial charge in [-0.2, -0.15) is 5.26 Å². The molecule has 0 spiro atoms. The summed E-state index contributed by atoms with van der Waals surface area (Å²) >= 11 is 1.53. The zero-order chi connectivity index (χ0) is 15.9. The van der Waals surface area contributed by atoms with Crippen molar-refractivity contribution in [2.24, 2.45) is 12.0 Å². The third-order valence-corrected chi connectivity index (χ3v) is 4.54. The van der Waals surface area contributed by atoms with E-state index in [0.29, 0.717) is 11.6 Å². The lowest BCUT2D eigenvalue weighted by molar-refractivity contribution is -0.129. The first-order valence-electron chi connectivity index (χ1n) is 6.65. The normalized spacial score (nSPS) is 15.8. The lowest BCUT2D eigenvalue weighted by atomic mass is 10.2. The molecule has 2 aromatic rings. The van der Waals surface area contributed by atoms with E-state index in [1.165, 1.54) is 11.3 Å². The summed E-state index contributed by atoms with van der Waals surface area (Å²) in [5.74, 6) is -0.133. The van der Waals surface area contributed by atoms with Crippen LogP contribution in [0, 0.1) is 25.2 Å². The van der Waals surface area contributed by atoms with Crippen LogP contribution in [-0.2, 0) is 16.6 Å². The molecule has 0 radical (unpaired) electrons. The molecular formula is C16H13N3O2S. The average molecular weight is 311 g/mol. The number of thiophene rings is 1. The second-order valence-corrected chi connectivity index (χ2v) is 6.28. The molecule has 3 heterocycles. The quantitative estimate of drug-likeness (QED) is 0.632. The second kappa shape index (κ2) is 5.28. The number of rotatable bonds is 2. The van der Waals surface area contributed by atoms with E-state index in [2.05, 4.69) is 11.1 Å². The SMILES string of the molecule is Cc1ccc(C2=NC(=Cc3cc(C#N)n(C)c3C)C(=O)O2)s1. The Bertz CT molecular complexity index is 878. The molecule has 0 N–H and O–H groups in total. The minimum atomic E-state index is -0.470. The van der Waals surface area contributed by atoms with Gasteiger partial charge >= 0.3 is 5.97 Å². The Balaban J connectivity index is 2.00. The van der Waals surface area contributed by atoms with Crippen LogP contribution in [0.25, 0.3) is 6.08 Å². The maximum absolute atomic E-state index is 12.0. The van der Waals surface area contributed by atoms with E-state index < -0.39 is 5.97 Å². The average Bonchev–Trinajstić information content (AvgIpc) is 3.14. The van der Waals surface area contributed by atoms with Gasteiger partial charge in [0.25, 0.3) is 0 Å². The molecule has 0 atom stereocenters. The molecular weight excluding hydrogens is 298 g/mol. The van der Waals surface area contributed by atoms with Gasteiger partial charge in [0.05, 0.1) is 4.88 Å². The number of hydrogen-bond donors (Lipinski definition) is 0. The fraction of sp³-hybridized carbons (Fsp3) is 0.188. The maximum atomic E-state index is 12.0. The third-order valence-electron chi connectivity index (χ3n) is 3.55. The Labute approximate surface area is 131 Å². The molecule has 0 amide bonds. The van der Waals surface area contributed by atoms with Gasteiger partial charge in [-0.25, -0.2) is 9.79 Å². The summed E-state index contributed by atoms with van der Waals surface area (Å²) in [4.78, 5) is 18.2. The number of esters is 1. The molecule has 0 fully saturated rings. The molecule has 0 saturated heterocycles. The summed E-state index contributed by atoms with van der Waals surface area (Å²) in [6, 6.07) is 7.69. The van der Waals surface area contributed by atoms with E-state index in [-0.39, 0.29) is 5.70 Å². The zero-order valence-corrected chi connectivity index (χ0v) is 13.2. The summed E-state index contributed by atoms with van der Waals surface area (Å²) in [5.41, 5.74) is 2.47. The van der Waals surface area contributed by atoms with Gasteiger partial charge in [-0.15, -0.1) is 11.3 Å². The van der Waals surface area contributed by atoms with Crippen molar-refractivity contribution in [2.75, 3.05) is 0 Å². The third kappa shape index (κ3) is 2.36. The van der Waals surface area contributed by atoms with Crippen LogP contribution in [0.4, 0.5) is 0 Å². The summed E-state index contributed by atoms with van der Waals surface area (Å²) in [5, 5.41) is 9.05. The number of aromatic nitrogens is 1. The number of carbonyl (C=O) groups is 1. The Kier molecular flexibility index (Phi) is 3.43. The highest BCUT2D eigenvalue weighted by Crippen LogP contribution is 2.25. The predicted molar refractivity (Wildman–Crippen MR) is 84.5 cm³/mol. The lowest BCUT2D eigenvalue weighted by Crippen LogP contribution is -2.03. The number of ether oxygens (including phenoxy) is 1. The molecule has 2 aromatic heterocycles. The van der Waals surface area contributed by atoms with Gasteiger partial charge in [-0.3, -0.25) is 0 Å². The van der Waals surface area contributed by atoms with Crippen LogP contribution < -0.4 is 0 Å². The van der Waals surface area contributed by atoms with Crippen molar-refractivity contribution >= 4 is 29.3 Å². The minimum absolute atomic E-state index is 0.249. The molecule has 0 unspecified atom stereocenters. The molecule has 5 nitrogen and oxygen atoms in total. The number of nitriles is 1. The van der Waals surface area contributed by atoms with Gasteiger partial charge in [0, 0.05) is 17.6 Å². The number of aryl methyl sites for hydroxylation is 1. The van der Waals surface area contributed by atoms with Crippen molar-refractivity contribution in [3.05, 3.63) is 50.6 Å². The summed E-state index contributed by atoms with van der Waals surface area (Å²) < 4.78 is 7.01. The largest absolute Gasteiger partial charge is 0.401 e. The van der Waals surface area contributed by atoms with Crippen molar-refractivity contribution in [1.29, 1.82) is 5.26 Å². The highest BCUT2D eigenvalue weighted by atomic mass is 32.1. The standard InChI is InChI=1S/C16H13N3O2S/c1-9-4-5-14(22-9)15-18-13(16(20)21-15)7-11-6-12(8-17)19(3)10(11)2/h4-7H,1-3H3. The van der Waals surface area contributed by atoms with Gasteiger partial charge in [-0.1, -0.05) is 0 Å². The van der Waals surface area contributed by atoms with Crippen LogP contribution >= 0.6 is 11.3 Å². The molecule has 0 bridgehead atoms. The van der Waals surface area contributed by atoms with Gasteiger partial charge in [0.1, 0.15) is 11.8 Å². The molecule has 6 heteroatoms. The molecule has 0 saturated carbocycles. The zero-order valence-electron chi connectivity index (χ0n) is 12.4. The highest BCUT2D eigenvalue weighted by Gasteiger charge is 2.25. The number of hydrogen-bond acceptors (Lipinski definition) is 5. The summed E-state index contributed by atoms with van der Waals surface area (Å²) in [6.45, 7) is 3.87. The predicted octanol–water partition coefficient (Wildman–Crippen LogP) is 2.92. The van der Waals surface area contributed by atoms with E-state index in [1.54, 1.807) is 16.7 Å². The monoisotopic (exact) mass is 311 g/mol. The fourth-order valence-corrected chi connectivity index (χ4v) is 2.98. The number of aliphatic imine (C=N–C) groups is 1. The smallest absolute Gasteiger partial charge is 0.363 e. The molecule has 110 valence electrons. The van der Waals surface area contributed by atoms with Crippen molar-refractivity contribution in [2.45, 2.75) is 13.8 Å². The first-order chi connectivity index (χ1) is 10.5. The topological polar surface area (TPSA) is 67.4 Å². The first kappa shape index (κ1) is 14.3. The fourth-order valence-electron chi connectivity index (χ4n) is 2.19. The van der Waals surface area contributed by atoms with Crippen LogP contribution in [-0.4, -0.2) is 16.4 Å². The van der Waals surface area contributed by atoms with Gasteiger partial charge in [0.2, 0.25) is 5.90 Å². The van der Waals surface area contributed by atoms with E-state index >= 15 is 0 Å². The number of cyclic esters (lactones) is 1. The molecule has 1 aliphatic heterocycles. The van der Waals surface area contributed by atoms with Crippen molar-refractivity contribution in [1.82, 2.24) is 4.57 Å². The van der Waals surface area contributed by atoms with Gasteiger partial charge < -0.3 is 9.30 Å². The molecule has 22 heavy (non-hydrogen) atoms. The Morgan fingerprint density at radius 2 is 2.18 bits per heavy atom. The van der Waals surface area contributed by atoms with Crippen LogP contribution in [0.3, 0.4) is 0 Å². The molecule has 0 aromatic carbocycles. The Morgan fingerprint density at radius 1 is 1.41 bits per heavy atom. The summed E-state index contributed by atoms with van der Waals surface area (Å²) in [7, 11) is 1.81. The number of nitrogens with zero attached hydrogens (tertiary/aromatic N) is 3. The van der Waals surface area contributed by atoms with Crippen molar-refractivity contribution < 1.29 is 9.53 Å². The summed E-state index contributed by atoms with van der Waals surface area (Å²) in [6.07, 6.45) is 1.66. The number of carbonyl (C=O) groups excluding carboxylic acids is 1. The van der Waals surface area contributed by atoms with E-state index in [9.17, 15) is 4.79 Å². The first-order valence-corrected chi connectivity index (χ1v) is 7.47. The Morgan fingerprint density at radius 3 is 2.77 bits per heavy atom. The second-order valence-electron chi connectivity index (χ2n) is 4.99. The van der Waals surface area contributed by atoms with Crippen LogP contribution in [0.1, 0.15) is 26.7 Å². The molecule has 3 rings (SSSR count). The van der Waals surface area contributed by atoms with E-state index in [0.717, 1.165) is 21.0 Å². The highest BCUT2D eigenvalue weighted by molar-refractivity contribution is 7.14. The molecule has 0 aliphatic carbocycles. The van der Waals surface area contributed by atoms with Crippen molar-refractivity contribution in [3.8, 4) is 6.07 Å². The lowest BCUT2D eigenvalue weighted by Gasteiger charge is -1.97. The van der Waals surface area contributed by atoms with Crippen LogP contribution in [0.15, 0.2) is 28.9 Å². The van der Waals surface area contributed by atoms with Gasteiger partial charge in [-0.05, 0) is 43.7 Å². The van der Waals surface area contributed by atoms with E-state index in [4.69, 9.17) is 10.00 Å². The van der Waals surface area contributed by atoms with Crippen LogP contribution in [0.2, 0.25) is 0 Å². The van der Waals surface area contributed by atoms with Crippen molar-refractivity contribution in [3.63, 3.8) is 0 Å². The Hall–Kier alpha value is -2.65. The van der Waals surface area contributed by atoms with Gasteiger partial charge in [0.15, 0.2) is 5.70 Å². The van der Waals surface area contributed by atoms with Crippen LogP contribution in [0.5, 0.6) is 0 Å².